The molecule has 0 aliphatic carbocycles. The number of aliphatic carboxylic acids is 3. The maximum Gasteiger partial charge on any atom is 0.320 e. The highest BCUT2D eigenvalue weighted by Crippen LogP contribution is 2.12. The largest absolute Gasteiger partial charge is 0.480 e. The number of benzene rings is 1. The number of carboxylic acid groups (broad SMARTS) is 3. The van der Waals surface area contributed by atoms with Crippen LogP contribution in [0.1, 0.15) is 53.4 Å². The Morgan fingerprint density at radius 1 is 0.865 bits per heavy atom. The van der Waals surface area contributed by atoms with E-state index in [2.05, 4.69) is 0 Å². The molecule has 0 bridgehead atoms. The van der Waals surface area contributed by atoms with Gasteiger partial charge in [-0.1, -0.05) is 34.1 Å². The summed E-state index contributed by atoms with van der Waals surface area (Å²) in [5, 5.41) is 34.9. The van der Waals surface area contributed by atoms with Crippen molar-refractivity contribution in [2.45, 2.75) is 71.5 Å². The Morgan fingerprint density at radius 3 is 1.57 bits per heavy atom. The minimum atomic E-state index is -0.933. The van der Waals surface area contributed by atoms with Crippen LogP contribution in [0, 0.1) is 22.0 Å². The number of anilines is 1. The van der Waals surface area contributed by atoms with Gasteiger partial charge in [0.15, 0.2) is 0 Å². The van der Waals surface area contributed by atoms with Gasteiger partial charge in [0.05, 0.1) is 4.92 Å². The third-order valence-corrected chi connectivity index (χ3v) is 4.44. The summed E-state index contributed by atoms with van der Waals surface area (Å²) < 4.78 is 0. The molecule has 37 heavy (non-hydrogen) atoms. The molecule has 14 heteroatoms. The number of nitrogens with two attached hydrogens (primary N) is 5. The molecule has 0 aliphatic heterocycles. The number of unbranched alkanes of at least 4 members (excludes halogenated alkanes) is 1. The predicted molar refractivity (Wildman–Crippen MR) is 142 cm³/mol. The second-order valence-corrected chi connectivity index (χ2v) is 8.76. The molecule has 0 spiro atoms. The Balaban J connectivity index is -0.000000418. The van der Waals surface area contributed by atoms with Gasteiger partial charge < -0.3 is 44.0 Å². The van der Waals surface area contributed by atoms with Crippen molar-refractivity contribution in [3.63, 3.8) is 0 Å². The van der Waals surface area contributed by atoms with Crippen LogP contribution < -0.4 is 28.7 Å². The topological polar surface area (TPSA) is 285 Å². The van der Waals surface area contributed by atoms with Gasteiger partial charge in [-0.15, -0.1) is 0 Å². The van der Waals surface area contributed by atoms with Gasteiger partial charge in [0, 0.05) is 17.8 Å². The van der Waals surface area contributed by atoms with Crippen molar-refractivity contribution in [1.29, 1.82) is 0 Å². The lowest BCUT2D eigenvalue weighted by atomic mass is 10.1. The first kappa shape index (κ1) is 38.2. The number of hydrogen-bond acceptors (Lipinski definition) is 10. The Morgan fingerprint density at radius 2 is 1.32 bits per heavy atom. The highest BCUT2D eigenvalue weighted by molar-refractivity contribution is 5.73. The van der Waals surface area contributed by atoms with E-state index >= 15 is 0 Å². The molecule has 0 radical (unpaired) electrons. The van der Waals surface area contributed by atoms with Gasteiger partial charge in [-0.05, 0) is 49.8 Å². The zero-order chi connectivity index (χ0) is 29.7. The van der Waals surface area contributed by atoms with Crippen molar-refractivity contribution in [1.82, 2.24) is 0 Å². The van der Waals surface area contributed by atoms with Crippen LogP contribution in [0.2, 0.25) is 0 Å². The van der Waals surface area contributed by atoms with Crippen molar-refractivity contribution < 1.29 is 34.6 Å². The minimum absolute atomic E-state index is 0.0208. The number of rotatable bonds is 11. The van der Waals surface area contributed by atoms with Gasteiger partial charge in [-0.3, -0.25) is 24.5 Å². The zero-order valence-corrected chi connectivity index (χ0v) is 21.9. The van der Waals surface area contributed by atoms with Crippen LogP contribution in [0.4, 0.5) is 11.4 Å². The Hall–Kier alpha value is -3.33. The lowest BCUT2D eigenvalue weighted by Crippen LogP contribution is -2.34. The van der Waals surface area contributed by atoms with Crippen LogP contribution in [-0.2, 0) is 14.4 Å². The summed E-state index contributed by atoms with van der Waals surface area (Å²) in [5.41, 5.74) is 26.7. The van der Waals surface area contributed by atoms with E-state index in [0.29, 0.717) is 31.0 Å². The number of non-ortho nitro benzene ring substituents is 1. The molecule has 1 aromatic rings. The van der Waals surface area contributed by atoms with E-state index < -0.39 is 41.0 Å². The molecule has 0 saturated carbocycles. The van der Waals surface area contributed by atoms with Crippen LogP contribution in [0.5, 0.6) is 0 Å². The van der Waals surface area contributed by atoms with Gasteiger partial charge in [0.1, 0.15) is 18.1 Å². The fraction of sp³-hybridized carbons (Fsp3) is 0.609. The normalized spacial score (nSPS) is 12.4. The molecule has 14 nitrogen and oxygen atoms in total. The van der Waals surface area contributed by atoms with E-state index in [9.17, 15) is 24.5 Å². The monoisotopic (exact) mass is 532 g/mol. The van der Waals surface area contributed by atoms with Gasteiger partial charge in [0.2, 0.25) is 0 Å². The first-order chi connectivity index (χ1) is 17.0. The molecule has 0 saturated heterocycles. The van der Waals surface area contributed by atoms with Crippen molar-refractivity contribution in [3.05, 3.63) is 34.4 Å². The van der Waals surface area contributed by atoms with Crippen molar-refractivity contribution >= 4 is 29.3 Å². The smallest absolute Gasteiger partial charge is 0.320 e. The van der Waals surface area contributed by atoms with Gasteiger partial charge >= 0.3 is 17.9 Å². The molecule has 0 unspecified atom stereocenters. The van der Waals surface area contributed by atoms with Crippen LogP contribution in [0.25, 0.3) is 0 Å². The minimum Gasteiger partial charge on any atom is -0.480 e. The number of carbonyl (C=O) groups is 3. The molecule has 3 atom stereocenters. The molecular formula is C23H44N6O8. The molecule has 0 fully saturated rings. The molecule has 214 valence electrons. The van der Waals surface area contributed by atoms with E-state index in [1.54, 1.807) is 13.8 Å². The summed E-state index contributed by atoms with van der Waals surface area (Å²) in [6.45, 7) is 8.05. The quantitative estimate of drug-likeness (QED) is 0.0861. The second kappa shape index (κ2) is 21.9. The van der Waals surface area contributed by atoms with Gasteiger partial charge in [0.25, 0.3) is 5.69 Å². The van der Waals surface area contributed by atoms with E-state index in [1.807, 2.05) is 13.8 Å². The molecule has 1 aromatic carbocycles. The Kier molecular flexibility index (Phi) is 22.6. The lowest BCUT2D eigenvalue weighted by molar-refractivity contribution is -0.384. The number of nitro groups is 1. The average molecular weight is 533 g/mol. The van der Waals surface area contributed by atoms with E-state index in [1.165, 1.54) is 24.3 Å². The third-order valence-electron chi connectivity index (χ3n) is 4.44. The first-order valence-corrected chi connectivity index (χ1v) is 11.6. The molecule has 13 N–H and O–H groups in total. The number of carboxylic acids is 3. The maximum absolute atomic E-state index is 10.1. The summed E-state index contributed by atoms with van der Waals surface area (Å²) in [5.74, 6) is -2.40. The van der Waals surface area contributed by atoms with Gasteiger partial charge in [-0.2, -0.15) is 0 Å². The lowest BCUT2D eigenvalue weighted by Gasteiger charge is -2.07. The highest BCUT2D eigenvalue weighted by Gasteiger charge is 2.14. The van der Waals surface area contributed by atoms with Gasteiger partial charge in [-0.25, -0.2) is 0 Å². The summed E-state index contributed by atoms with van der Waals surface area (Å²) in [4.78, 5) is 39.9. The SMILES string of the molecule is CC(C)C[C@H](N)C(=O)O.CC(C)[C@@H](N)C(=O)O.NCCCC[C@H](N)C(=O)O.Nc1ccc([N+](=O)[O-])cc1. The number of nitro benzene ring substituents is 1. The van der Waals surface area contributed by atoms with Crippen LogP contribution in [-0.4, -0.2) is 62.8 Å². The number of nitrogen functional groups attached to an aromatic ring is 1. The summed E-state index contributed by atoms with van der Waals surface area (Å²) in [6, 6.07) is 3.62. The summed E-state index contributed by atoms with van der Waals surface area (Å²) in [6.07, 6.45) is 2.72. The Bertz CT molecular complexity index is 790. The summed E-state index contributed by atoms with van der Waals surface area (Å²) >= 11 is 0. The average Bonchev–Trinajstić information content (AvgIpc) is 2.79. The zero-order valence-electron chi connectivity index (χ0n) is 21.9. The fourth-order valence-electron chi connectivity index (χ4n) is 2.12. The van der Waals surface area contributed by atoms with Crippen LogP contribution in [0.3, 0.4) is 0 Å². The maximum atomic E-state index is 10.1. The molecule has 0 amide bonds. The molecule has 0 aliphatic rings. The van der Waals surface area contributed by atoms with Crippen molar-refractivity contribution in [2.24, 2.45) is 34.8 Å². The van der Waals surface area contributed by atoms with Crippen LogP contribution >= 0.6 is 0 Å². The Labute approximate surface area is 217 Å². The molecular weight excluding hydrogens is 488 g/mol. The number of nitrogens with zero attached hydrogens (tertiary/aromatic N) is 1. The van der Waals surface area contributed by atoms with Crippen LogP contribution in [0.15, 0.2) is 24.3 Å². The van der Waals surface area contributed by atoms with E-state index in [-0.39, 0.29) is 11.6 Å². The standard InChI is InChI=1S/C6H6N2O2.C6H14N2O2.C6H13NO2.C5H11NO2/c7-5-1-3-6(4-2-5)8(9)10;7-4-2-1-3-5(8)6(9)10;1-4(2)3-5(7)6(8)9;1-3(2)4(6)5(7)8/h1-4H,7H2;5H,1-4,7-8H2,(H,9,10);4-5H,3,7H2,1-2H3,(H,8,9);3-4H,6H2,1-2H3,(H,7,8)/t;2*5-;4-/m.001/s1. The molecule has 0 aromatic heterocycles. The predicted octanol–water partition coefficient (Wildman–Crippen LogP) is 1.20. The second-order valence-electron chi connectivity index (χ2n) is 8.76. The van der Waals surface area contributed by atoms with E-state index in [0.717, 1.165) is 12.8 Å². The van der Waals surface area contributed by atoms with Crippen molar-refractivity contribution in [2.75, 3.05) is 12.3 Å². The molecule has 0 heterocycles. The summed E-state index contributed by atoms with van der Waals surface area (Å²) in [7, 11) is 0. The first-order valence-electron chi connectivity index (χ1n) is 11.6. The van der Waals surface area contributed by atoms with Crippen molar-refractivity contribution in [3.8, 4) is 0 Å². The highest BCUT2D eigenvalue weighted by atomic mass is 16.6. The van der Waals surface area contributed by atoms with E-state index in [4.69, 9.17) is 44.0 Å². The fourth-order valence-corrected chi connectivity index (χ4v) is 2.12. The third kappa shape index (κ3) is 24.2. The number of hydrogen-bond donors (Lipinski definition) is 8. The molecule has 1 rings (SSSR count).